The van der Waals surface area contributed by atoms with Crippen LogP contribution >= 0.6 is 11.8 Å². The van der Waals surface area contributed by atoms with Gasteiger partial charge < -0.3 is 4.90 Å². The first-order chi connectivity index (χ1) is 12.8. The molecule has 2 heterocycles. The van der Waals surface area contributed by atoms with Crippen LogP contribution in [0.15, 0.2) is 65.8 Å². The van der Waals surface area contributed by atoms with Gasteiger partial charge >= 0.3 is 0 Å². The maximum atomic E-state index is 4.88. The van der Waals surface area contributed by atoms with Crippen LogP contribution in [0.5, 0.6) is 0 Å². The number of fused-ring (bicyclic) bond motifs is 1. The van der Waals surface area contributed by atoms with Crippen molar-refractivity contribution in [1.82, 2.24) is 15.3 Å². The van der Waals surface area contributed by atoms with Gasteiger partial charge in [0.25, 0.3) is 0 Å². The van der Waals surface area contributed by atoms with Crippen molar-refractivity contribution in [2.45, 2.75) is 24.7 Å². The van der Waals surface area contributed by atoms with Gasteiger partial charge in [0.15, 0.2) is 5.16 Å². The Bertz CT molecular complexity index is 883. The average molecular weight is 363 g/mol. The van der Waals surface area contributed by atoms with E-state index in [1.54, 1.807) is 11.8 Å². The van der Waals surface area contributed by atoms with Crippen molar-refractivity contribution in [3.8, 4) is 11.3 Å². The molecule has 1 aliphatic rings. The van der Waals surface area contributed by atoms with E-state index >= 15 is 0 Å². The third kappa shape index (κ3) is 3.20. The van der Waals surface area contributed by atoms with Crippen LogP contribution in [0.3, 0.4) is 0 Å². The largest absolute Gasteiger partial charge is 0.337 e. The topological polar surface area (TPSA) is 41.1 Å². The molecule has 4 nitrogen and oxygen atoms in total. The highest BCUT2D eigenvalue weighted by Gasteiger charge is 2.27. The monoisotopic (exact) mass is 362 g/mol. The molecule has 0 saturated carbocycles. The lowest BCUT2D eigenvalue weighted by molar-refractivity contribution is 0.548. The SMILES string of the molecule is CSc1nc(-c2ccccc2)c2c(n1)N(C(C)c1ccccc1)CNC2. The van der Waals surface area contributed by atoms with Crippen LogP contribution in [0.2, 0.25) is 0 Å². The Morgan fingerprint density at radius 2 is 1.69 bits per heavy atom. The molecule has 1 unspecified atom stereocenters. The summed E-state index contributed by atoms with van der Waals surface area (Å²) in [5, 5.41) is 4.34. The molecule has 0 spiro atoms. The van der Waals surface area contributed by atoms with Crippen LogP contribution in [0.25, 0.3) is 11.3 Å². The number of anilines is 1. The van der Waals surface area contributed by atoms with Crippen molar-refractivity contribution in [3.63, 3.8) is 0 Å². The summed E-state index contributed by atoms with van der Waals surface area (Å²) in [6.07, 6.45) is 2.03. The molecule has 26 heavy (non-hydrogen) atoms. The number of nitrogens with zero attached hydrogens (tertiary/aromatic N) is 3. The molecule has 0 bridgehead atoms. The van der Waals surface area contributed by atoms with E-state index in [0.717, 1.165) is 35.4 Å². The molecular formula is C21H22N4S. The lowest BCUT2D eigenvalue weighted by Crippen LogP contribution is -2.41. The Morgan fingerprint density at radius 1 is 1.00 bits per heavy atom. The molecule has 1 aliphatic heterocycles. The third-order valence-corrected chi connectivity index (χ3v) is 5.35. The average Bonchev–Trinajstić information content (AvgIpc) is 2.73. The van der Waals surface area contributed by atoms with Gasteiger partial charge in [0, 0.05) is 17.7 Å². The van der Waals surface area contributed by atoms with E-state index in [1.165, 1.54) is 11.1 Å². The normalized spacial score (nSPS) is 14.8. The van der Waals surface area contributed by atoms with Crippen molar-refractivity contribution in [3.05, 3.63) is 71.8 Å². The maximum absolute atomic E-state index is 4.88. The second-order valence-electron chi connectivity index (χ2n) is 6.37. The number of nitrogens with one attached hydrogen (secondary N) is 1. The smallest absolute Gasteiger partial charge is 0.189 e. The fourth-order valence-electron chi connectivity index (χ4n) is 3.39. The molecule has 5 heteroatoms. The van der Waals surface area contributed by atoms with E-state index in [2.05, 4.69) is 71.7 Å². The summed E-state index contributed by atoms with van der Waals surface area (Å²) < 4.78 is 0. The first kappa shape index (κ1) is 17.1. The van der Waals surface area contributed by atoms with Crippen molar-refractivity contribution >= 4 is 17.6 Å². The molecule has 1 atom stereocenters. The highest BCUT2D eigenvalue weighted by molar-refractivity contribution is 7.98. The Labute approximate surface area is 158 Å². The predicted octanol–water partition coefficient (Wildman–Crippen LogP) is 4.49. The molecule has 2 aromatic carbocycles. The van der Waals surface area contributed by atoms with Gasteiger partial charge in [0.1, 0.15) is 5.82 Å². The second kappa shape index (κ2) is 7.48. The molecule has 132 valence electrons. The number of rotatable bonds is 4. The Morgan fingerprint density at radius 3 is 2.38 bits per heavy atom. The van der Waals surface area contributed by atoms with E-state index in [9.17, 15) is 0 Å². The third-order valence-electron chi connectivity index (χ3n) is 4.80. The zero-order valence-electron chi connectivity index (χ0n) is 15.0. The van der Waals surface area contributed by atoms with Crippen LogP contribution in [-0.2, 0) is 6.54 Å². The quantitative estimate of drug-likeness (QED) is 0.547. The number of hydrogen-bond donors (Lipinski definition) is 1. The van der Waals surface area contributed by atoms with Gasteiger partial charge in [-0.2, -0.15) is 0 Å². The van der Waals surface area contributed by atoms with Crippen LogP contribution < -0.4 is 10.2 Å². The Kier molecular flexibility index (Phi) is 4.91. The maximum Gasteiger partial charge on any atom is 0.189 e. The molecular weight excluding hydrogens is 340 g/mol. The fraction of sp³-hybridized carbons (Fsp3) is 0.238. The van der Waals surface area contributed by atoms with Gasteiger partial charge in [0.05, 0.1) is 18.4 Å². The molecule has 0 aliphatic carbocycles. The van der Waals surface area contributed by atoms with E-state index in [4.69, 9.17) is 9.97 Å². The predicted molar refractivity (Wildman–Crippen MR) is 108 cm³/mol. The van der Waals surface area contributed by atoms with Crippen molar-refractivity contribution in [2.24, 2.45) is 0 Å². The number of hydrogen-bond acceptors (Lipinski definition) is 5. The summed E-state index contributed by atoms with van der Waals surface area (Å²) in [4.78, 5) is 12.0. The van der Waals surface area contributed by atoms with Crippen molar-refractivity contribution in [1.29, 1.82) is 0 Å². The van der Waals surface area contributed by atoms with Crippen LogP contribution in [0.1, 0.15) is 24.1 Å². The van der Waals surface area contributed by atoms with E-state index in [0.29, 0.717) is 0 Å². The number of benzene rings is 2. The molecule has 4 rings (SSSR count). The lowest BCUT2D eigenvalue weighted by Gasteiger charge is -2.36. The van der Waals surface area contributed by atoms with Crippen molar-refractivity contribution < 1.29 is 0 Å². The van der Waals surface area contributed by atoms with E-state index < -0.39 is 0 Å². The lowest BCUT2D eigenvalue weighted by atomic mass is 10.0. The molecule has 1 aromatic heterocycles. The van der Waals surface area contributed by atoms with E-state index in [-0.39, 0.29) is 6.04 Å². The van der Waals surface area contributed by atoms with Gasteiger partial charge in [-0.25, -0.2) is 9.97 Å². The zero-order valence-corrected chi connectivity index (χ0v) is 15.8. The van der Waals surface area contributed by atoms with E-state index in [1.807, 2.05) is 12.3 Å². The van der Waals surface area contributed by atoms with Crippen molar-refractivity contribution in [2.75, 3.05) is 17.8 Å². The molecule has 0 amide bonds. The molecule has 0 saturated heterocycles. The molecule has 1 N–H and O–H groups in total. The van der Waals surface area contributed by atoms with Crippen LogP contribution in [0.4, 0.5) is 5.82 Å². The minimum absolute atomic E-state index is 0.232. The van der Waals surface area contributed by atoms with Gasteiger partial charge in [-0.05, 0) is 18.7 Å². The molecule has 3 aromatic rings. The van der Waals surface area contributed by atoms with Crippen LogP contribution in [0, 0.1) is 0 Å². The van der Waals surface area contributed by atoms with Gasteiger partial charge in [-0.1, -0.05) is 72.4 Å². The minimum Gasteiger partial charge on any atom is -0.337 e. The van der Waals surface area contributed by atoms with Crippen LogP contribution in [-0.4, -0.2) is 22.9 Å². The highest BCUT2D eigenvalue weighted by atomic mass is 32.2. The first-order valence-electron chi connectivity index (χ1n) is 8.80. The molecule has 0 radical (unpaired) electrons. The summed E-state index contributed by atoms with van der Waals surface area (Å²) in [6.45, 7) is 3.80. The summed E-state index contributed by atoms with van der Waals surface area (Å²) in [7, 11) is 0. The van der Waals surface area contributed by atoms with Gasteiger partial charge in [-0.15, -0.1) is 0 Å². The Hall–Kier alpha value is -2.37. The highest BCUT2D eigenvalue weighted by Crippen LogP contribution is 2.36. The summed E-state index contributed by atoms with van der Waals surface area (Å²) in [6, 6.07) is 21.2. The Balaban J connectivity index is 1.83. The molecule has 0 fully saturated rings. The first-order valence-corrected chi connectivity index (χ1v) is 10.0. The summed E-state index contributed by atoms with van der Waals surface area (Å²) in [5.74, 6) is 1.04. The second-order valence-corrected chi connectivity index (χ2v) is 7.14. The summed E-state index contributed by atoms with van der Waals surface area (Å²) >= 11 is 1.59. The summed E-state index contributed by atoms with van der Waals surface area (Å²) in [5.41, 5.74) is 4.62. The zero-order chi connectivity index (χ0) is 17.9. The standard InChI is InChI=1S/C21H22N4S/c1-15(16-9-5-3-6-10-16)25-14-22-13-18-19(17-11-7-4-8-12-17)23-21(26-2)24-20(18)25/h3-12,15,22H,13-14H2,1-2H3. The van der Waals surface area contributed by atoms with Gasteiger partial charge in [0.2, 0.25) is 0 Å². The fourth-order valence-corrected chi connectivity index (χ4v) is 3.75. The number of thioether (sulfide) groups is 1. The van der Waals surface area contributed by atoms with Gasteiger partial charge in [-0.3, -0.25) is 5.32 Å². The number of aromatic nitrogens is 2. The minimum atomic E-state index is 0.232.